The van der Waals surface area contributed by atoms with Gasteiger partial charge in [0.05, 0.1) is 6.33 Å². The van der Waals surface area contributed by atoms with Gasteiger partial charge in [0.1, 0.15) is 5.82 Å². The molecule has 118 valence electrons. The Balaban J connectivity index is 1.54. The quantitative estimate of drug-likeness (QED) is 0.725. The Bertz CT molecular complexity index is 893. The minimum atomic E-state index is -0.0135. The molecule has 3 heterocycles. The van der Waals surface area contributed by atoms with E-state index in [1.165, 1.54) is 20.3 Å². The van der Waals surface area contributed by atoms with Gasteiger partial charge in [-0.05, 0) is 23.6 Å². The minimum Gasteiger partial charge on any atom is -0.367 e. The molecule has 5 nitrogen and oxygen atoms in total. The van der Waals surface area contributed by atoms with Crippen LogP contribution in [0.1, 0.15) is 0 Å². The average molecular weight is 326 g/mol. The molecule has 1 aromatic carbocycles. The smallest absolute Gasteiger partial charge is 0.255 e. The average Bonchev–Trinajstić information content (AvgIpc) is 3.06. The molecule has 0 bridgehead atoms. The third-order valence-electron chi connectivity index (χ3n) is 4.38. The van der Waals surface area contributed by atoms with Crippen molar-refractivity contribution in [3.63, 3.8) is 0 Å². The maximum atomic E-state index is 11.8. The van der Waals surface area contributed by atoms with Gasteiger partial charge in [-0.2, -0.15) is 0 Å². The highest BCUT2D eigenvalue weighted by Gasteiger charge is 2.20. The summed E-state index contributed by atoms with van der Waals surface area (Å²) >= 11 is 1.78. The van der Waals surface area contributed by atoms with E-state index in [9.17, 15) is 4.79 Å². The van der Waals surface area contributed by atoms with Crippen molar-refractivity contribution in [2.24, 2.45) is 7.05 Å². The van der Waals surface area contributed by atoms with E-state index in [1.54, 1.807) is 30.8 Å². The van der Waals surface area contributed by atoms with Crippen molar-refractivity contribution in [1.29, 1.82) is 0 Å². The molecule has 0 unspecified atom stereocenters. The molecule has 0 radical (unpaired) electrons. The Morgan fingerprint density at radius 3 is 2.65 bits per heavy atom. The predicted molar refractivity (Wildman–Crippen MR) is 95.7 cm³/mol. The van der Waals surface area contributed by atoms with Crippen molar-refractivity contribution < 1.29 is 0 Å². The van der Waals surface area contributed by atoms with E-state index in [0.717, 1.165) is 32.0 Å². The van der Waals surface area contributed by atoms with E-state index in [-0.39, 0.29) is 5.56 Å². The van der Waals surface area contributed by atoms with Crippen molar-refractivity contribution in [3.8, 4) is 0 Å². The van der Waals surface area contributed by atoms with Crippen molar-refractivity contribution in [3.05, 3.63) is 52.4 Å². The number of aromatic nitrogens is 2. The Hall–Kier alpha value is -2.34. The maximum Gasteiger partial charge on any atom is 0.255 e. The summed E-state index contributed by atoms with van der Waals surface area (Å²) in [5, 5.41) is 3.48. The maximum absolute atomic E-state index is 11.8. The first-order valence-electron chi connectivity index (χ1n) is 7.71. The van der Waals surface area contributed by atoms with Gasteiger partial charge < -0.3 is 14.4 Å². The Labute approximate surface area is 138 Å². The van der Waals surface area contributed by atoms with E-state index >= 15 is 0 Å². The molecule has 6 heteroatoms. The predicted octanol–water partition coefficient (Wildman–Crippen LogP) is 2.32. The van der Waals surface area contributed by atoms with E-state index in [1.807, 2.05) is 0 Å². The minimum absolute atomic E-state index is 0.0135. The topological polar surface area (TPSA) is 41.4 Å². The Morgan fingerprint density at radius 2 is 1.87 bits per heavy atom. The van der Waals surface area contributed by atoms with E-state index in [4.69, 9.17) is 0 Å². The highest BCUT2D eigenvalue weighted by molar-refractivity contribution is 7.17. The van der Waals surface area contributed by atoms with Crippen LogP contribution in [0.5, 0.6) is 0 Å². The molecule has 2 aromatic heterocycles. The van der Waals surface area contributed by atoms with Gasteiger partial charge in [0.25, 0.3) is 5.56 Å². The van der Waals surface area contributed by atoms with Crippen LogP contribution in [0.25, 0.3) is 10.1 Å². The number of aryl methyl sites for hydroxylation is 1. The van der Waals surface area contributed by atoms with Gasteiger partial charge in [0.2, 0.25) is 0 Å². The Kier molecular flexibility index (Phi) is 3.53. The molecule has 1 aliphatic heterocycles. The number of anilines is 2. The molecule has 0 aliphatic carbocycles. The fourth-order valence-corrected chi connectivity index (χ4v) is 3.86. The molecule has 0 saturated carbocycles. The number of thiophene rings is 1. The lowest BCUT2D eigenvalue weighted by atomic mass is 10.2. The second-order valence-corrected chi connectivity index (χ2v) is 6.73. The van der Waals surface area contributed by atoms with Gasteiger partial charge in [-0.25, -0.2) is 4.98 Å². The monoisotopic (exact) mass is 326 g/mol. The summed E-state index contributed by atoms with van der Waals surface area (Å²) in [6, 6.07) is 10.3. The second-order valence-electron chi connectivity index (χ2n) is 5.78. The van der Waals surface area contributed by atoms with Gasteiger partial charge in [-0.3, -0.25) is 4.79 Å². The van der Waals surface area contributed by atoms with Gasteiger partial charge in [0, 0.05) is 55.1 Å². The van der Waals surface area contributed by atoms with Gasteiger partial charge in [-0.1, -0.05) is 6.07 Å². The normalized spacial score (nSPS) is 15.3. The molecule has 1 fully saturated rings. The lowest BCUT2D eigenvalue weighted by Gasteiger charge is -2.37. The van der Waals surface area contributed by atoms with Gasteiger partial charge in [-0.15, -0.1) is 11.3 Å². The fraction of sp³-hybridized carbons (Fsp3) is 0.294. The lowest BCUT2D eigenvalue weighted by molar-refractivity contribution is 0.645. The molecular weight excluding hydrogens is 308 g/mol. The van der Waals surface area contributed by atoms with E-state index in [0.29, 0.717) is 0 Å². The molecule has 23 heavy (non-hydrogen) atoms. The highest BCUT2D eigenvalue weighted by Crippen LogP contribution is 2.31. The number of nitrogens with zero attached hydrogens (tertiary/aromatic N) is 4. The highest BCUT2D eigenvalue weighted by atomic mass is 32.1. The molecule has 1 saturated heterocycles. The standard InChI is InChI=1S/C17H18N4OS/c1-19-12-18-16(11-17(19)22)21-8-6-20(7-9-21)14-3-2-4-15-13(14)5-10-23-15/h2-5,10-12H,6-9H2,1H3. The summed E-state index contributed by atoms with van der Waals surface area (Å²) in [7, 11) is 1.72. The van der Waals surface area contributed by atoms with E-state index in [2.05, 4.69) is 44.4 Å². The summed E-state index contributed by atoms with van der Waals surface area (Å²) in [6.07, 6.45) is 1.59. The van der Waals surface area contributed by atoms with Crippen LogP contribution in [0.15, 0.2) is 46.8 Å². The SMILES string of the molecule is Cn1cnc(N2CCN(c3cccc4sccc34)CC2)cc1=O. The number of benzene rings is 1. The van der Waals surface area contributed by atoms with Crippen LogP contribution in [0.3, 0.4) is 0 Å². The van der Waals surface area contributed by atoms with Crippen LogP contribution in [-0.2, 0) is 7.05 Å². The molecule has 1 aliphatic rings. The van der Waals surface area contributed by atoms with Crippen LogP contribution in [-0.4, -0.2) is 35.7 Å². The zero-order valence-electron chi connectivity index (χ0n) is 13.0. The number of hydrogen-bond acceptors (Lipinski definition) is 5. The molecule has 0 amide bonds. The Morgan fingerprint density at radius 1 is 1.09 bits per heavy atom. The summed E-state index contributed by atoms with van der Waals surface area (Å²) in [4.78, 5) is 20.8. The zero-order chi connectivity index (χ0) is 15.8. The van der Waals surface area contributed by atoms with Crippen molar-refractivity contribution in [1.82, 2.24) is 9.55 Å². The van der Waals surface area contributed by atoms with Crippen LogP contribution in [0, 0.1) is 0 Å². The first-order chi connectivity index (χ1) is 11.2. The molecule has 4 rings (SSSR count). The van der Waals surface area contributed by atoms with E-state index < -0.39 is 0 Å². The first kappa shape index (κ1) is 14.3. The molecule has 0 N–H and O–H groups in total. The fourth-order valence-electron chi connectivity index (χ4n) is 3.06. The van der Waals surface area contributed by atoms with Crippen molar-refractivity contribution >= 4 is 32.9 Å². The second kappa shape index (κ2) is 5.70. The van der Waals surface area contributed by atoms with Gasteiger partial charge >= 0.3 is 0 Å². The molecule has 0 atom stereocenters. The van der Waals surface area contributed by atoms with Crippen LogP contribution in [0.4, 0.5) is 11.5 Å². The molecule has 3 aromatic rings. The summed E-state index contributed by atoms with van der Waals surface area (Å²) in [5.41, 5.74) is 1.29. The summed E-state index contributed by atoms with van der Waals surface area (Å²) < 4.78 is 2.83. The van der Waals surface area contributed by atoms with Gasteiger partial charge in [0.15, 0.2) is 0 Å². The van der Waals surface area contributed by atoms with Crippen molar-refractivity contribution in [2.75, 3.05) is 36.0 Å². The largest absolute Gasteiger partial charge is 0.367 e. The summed E-state index contributed by atoms with van der Waals surface area (Å²) in [5.74, 6) is 0.779. The van der Waals surface area contributed by atoms with Crippen LogP contribution < -0.4 is 15.4 Å². The zero-order valence-corrected chi connectivity index (χ0v) is 13.8. The molecule has 0 spiro atoms. The molecular formula is C17H18N4OS. The number of rotatable bonds is 2. The summed E-state index contributed by atoms with van der Waals surface area (Å²) in [6.45, 7) is 3.62. The van der Waals surface area contributed by atoms with Crippen LogP contribution >= 0.6 is 11.3 Å². The number of piperazine rings is 1. The van der Waals surface area contributed by atoms with Crippen molar-refractivity contribution in [2.45, 2.75) is 0 Å². The number of hydrogen-bond donors (Lipinski definition) is 0. The lowest BCUT2D eigenvalue weighted by Crippen LogP contribution is -2.47. The van der Waals surface area contributed by atoms with Crippen LogP contribution in [0.2, 0.25) is 0 Å². The first-order valence-corrected chi connectivity index (χ1v) is 8.59. The number of fused-ring (bicyclic) bond motifs is 1. The third kappa shape index (κ3) is 2.59. The third-order valence-corrected chi connectivity index (χ3v) is 5.26.